The molecule has 1 aliphatic rings. The summed E-state index contributed by atoms with van der Waals surface area (Å²) in [6, 6.07) is 9.76. The number of pyridine rings is 1. The summed E-state index contributed by atoms with van der Waals surface area (Å²) in [5, 5.41) is 16.9. The normalized spacial score (nSPS) is 17.2. The molecule has 0 aliphatic carbocycles. The van der Waals surface area contributed by atoms with Gasteiger partial charge in [0.15, 0.2) is 0 Å². The highest BCUT2D eigenvalue weighted by Crippen LogP contribution is 2.23. The molecule has 3 aromatic rings. The van der Waals surface area contributed by atoms with Crippen LogP contribution in [0, 0.1) is 0 Å². The predicted molar refractivity (Wildman–Crippen MR) is 121 cm³/mol. The Morgan fingerprint density at radius 2 is 2.10 bits per heavy atom. The molecule has 0 spiro atoms. The Bertz CT molecular complexity index is 1060. The van der Waals surface area contributed by atoms with Gasteiger partial charge in [0.25, 0.3) is 0 Å². The minimum absolute atomic E-state index is 0.201. The first-order valence-corrected chi connectivity index (χ1v) is 10.5. The number of amides is 1. The highest BCUT2D eigenvalue weighted by molar-refractivity contribution is 6.02. The third-order valence-corrected chi connectivity index (χ3v) is 5.39. The minimum Gasteiger partial charge on any atom is -0.392 e. The molecule has 7 nitrogen and oxygen atoms in total. The molecule has 2 N–H and O–H groups in total. The van der Waals surface area contributed by atoms with Crippen LogP contribution in [-0.4, -0.2) is 49.9 Å². The number of carbonyl (C=O) groups is 1. The molecule has 1 unspecified atom stereocenters. The zero-order chi connectivity index (χ0) is 21.6. The molecule has 1 amide bonds. The van der Waals surface area contributed by atoms with Gasteiger partial charge in [-0.3, -0.25) is 19.4 Å². The van der Waals surface area contributed by atoms with Gasteiger partial charge in [0, 0.05) is 61.6 Å². The Labute approximate surface area is 182 Å². The SMILES string of the molecule is Cn1cc(-c2ccncc2/C=C/C(=O)Nc2ccc(CN3CCCC(O)C3)cc2)cn1. The van der Waals surface area contributed by atoms with Crippen LogP contribution in [0.25, 0.3) is 17.2 Å². The molecule has 3 heterocycles. The third kappa shape index (κ3) is 5.65. The average Bonchev–Trinajstić information content (AvgIpc) is 3.20. The van der Waals surface area contributed by atoms with Crippen LogP contribution < -0.4 is 5.32 Å². The minimum atomic E-state index is -0.224. The van der Waals surface area contributed by atoms with E-state index in [4.69, 9.17) is 0 Å². The number of carbonyl (C=O) groups excluding carboxylic acids is 1. The lowest BCUT2D eigenvalue weighted by Crippen LogP contribution is -2.37. The van der Waals surface area contributed by atoms with Crippen molar-refractivity contribution in [1.82, 2.24) is 19.7 Å². The van der Waals surface area contributed by atoms with Gasteiger partial charge in [-0.25, -0.2) is 0 Å². The number of likely N-dealkylation sites (tertiary alicyclic amines) is 1. The second-order valence-electron chi connectivity index (χ2n) is 7.92. The highest BCUT2D eigenvalue weighted by Gasteiger charge is 2.17. The first-order chi connectivity index (χ1) is 15.1. The van der Waals surface area contributed by atoms with Crippen LogP contribution >= 0.6 is 0 Å². The maximum atomic E-state index is 12.4. The summed E-state index contributed by atoms with van der Waals surface area (Å²) in [7, 11) is 1.87. The second-order valence-corrected chi connectivity index (χ2v) is 7.92. The van der Waals surface area contributed by atoms with Crippen LogP contribution in [0.1, 0.15) is 24.0 Å². The molecule has 1 saturated heterocycles. The van der Waals surface area contributed by atoms with Crippen LogP contribution in [0.4, 0.5) is 5.69 Å². The summed E-state index contributed by atoms with van der Waals surface area (Å²) in [5.41, 5.74) is 4.71. The molecule has 0 radical (unpaired) electrons. The van der Waals surface area contributed by atoms with E-state index in [1.807, 2.05) is 43.6 Å². The molecule has 2 aromatic heterocycles. The maximum absolute atomic E-state index is 12.4. The van der Waals surface area contributed by atoms with E-state index in [-0.39, 0.29) is 12.0 Å². The number of benzene rings is 1. The van der Waals surface area contributed by atoms with Gasteiger partial charge >= 0.3 is 0 Å². The molecule has 1 atom stereocenters. The molecule has 160 valence electrons. The molecule has 7 heteroatoms. The van der Waals surface area contributed by atoms with Crippen LogP contribution in [0.15, 0.2) is 61.2 Å². The van der Waals surface area contributed by atoms with Gasteiger partial charge in [-0.15, -0.1) is 0 Å². The molecule has 1 aromatic carbocycles. The average molecular weight is 418 g/mol. The number of hydrogen-bond donors (Lipinski definition) is 2. The van der Waals surface area contributed by atoms with Crippen molar-refractivity contribution < 1.29 is 9.90 Å². The lowest BCUT2D eigenvalue weighted by molar-refractivity contribution is -0.111. The Balaban J connectivity index is 1.36. The van der Waals surface area contributed by atoms with E-state index in [1.165, 1.54) is 11.6 Å². The smallest absolute Gasteiger partial charge is 0.248 e. The van der Waals surface area contributed by atoms with E-state index < -0.39 is 0 Å². The van der Waals surface area contributed by atoms with Gasteiger partial charge in [0.1, 0.15) is 0 Å². The number of aliphatic hydroxyl groups excluding tert-OH is 1. The Hall–Kier alpha value is -3.29. The van der Waals surface area contributed by atoms with E-state index in [0.29, 0.717) is 0 Å². The van der Waals surface area contributed by atoms with Crippen molar-refractivity contribution in [2.45, 2.75) is 25.5 Å². The predicted octanol–water partition coefficient (Wildman–Crippen LogP) is 3.09. The second kappa shape index (κ2) is 9.68. The summed E-state index contributed by atoms with van der Waals surface area (Å²) >= 11 is 0. The first kappa shape index (κ1) is 21.0. The summed E-state index contributed by atoms with van der Waals surface area (Å²) in [6.45, 7) is 2.54. The first-order valence-electron chi connectivity index (χ1n) is 10.5. The van der Waals surface area contributed by atoms with Crippen molar-refractivity contribution in [2.24, 2.45) is 7.05 Å². The van der Waals surface area contributed by atoms with Crippen molar-refractivity contribution in [3.05, 3.63) is 72.3 Å². The van der Waals surface area contributed by atoms with E-state index in [1.54, 1.807) is 29.3 Å². The van der Waals surface area contributed by atoms with E-state index in [2.05, 4.69) is 20.3 Å². The lowest BCUT2D eigenvalue weighted by atomic mass is 10.0. The van der Waals surface area contributed by atoms with Crippen molar-refractivity contribution in [2.75, 3.05) is 18.4 Å². The fourth-order valence-corrected chi connectivity index (χ4v) is 3.84. The van der Waals surface area contributed by atoms with E-state index in [9.17, 15) is 9.90 Å². The van der Waals surface area contributed by atoms with Gasteiger partial charge < -0.3 is 10.4 Å². The zero-order valence-corrected chi connectivity index (χ0v) is 17.6. The summed E-state index contributed by atoms with van der Waals surface area (Å²) in [4.78, 5) is 18.8. The fraction of sp³-hybridized carbons (Fsp3) is 0.292. The molecular formula is C24H27N5O2. The van der Waals surface area contributed by atoms with Crippen LogP contribution in [0.2, 0.25) is 0 Å². The number of rotatable bonds is 6. The Morgan fingerprint density at radius 1 is 1.26 bits per heavy atom. The Kier molecular flexibility index (Phi) is 6.54. The number of hydrogen-bond acceptors (Lipinski definition) is 5. The van der Waals surface area contributed by atoms with Gasteiger partial charge in [0.05, 0.1) is 12.3 Å². The number of aryl methyl sites for hydroxylation is 1. The summed E-state index contributed by atoms with van der Waals surface area (Å²) in [5.74, 6) is -0.201. The van der Waals surface area contributed by atoms with Crippen LogP contribution in [0.3, 0.4) is 0 Å². The molecule has 0 bridgehead atoms. The van der Waals surface area contributed by atoms with Crippen LogP contribution in [-0.2, 0) is 18.4 Å². The lowest BCUT2D eigenvalue weighted by Gasteiger charge is -2.29. The maximum Gasteiger partial charge on any atom is 0.248 e. The monoisotopic (exact) mass is 417 g/mol. The summed E-state index contributed by atoms with van der Waals surface area (Å²) < 4.78 is 1.74. The van der Waals surface area contributed by atoms with Crippen molar-refractivity contribution in [3.63, 3.8) is 0 Å². The molecule has 31 heavy (non-hydrogen) atoms. The Morgan fingerprint density at radius 3 is 2.84 bits per heavy atom. The number of anilines is 1. The highest BCUT2D eigenvalue weighted by atomic mass is 16.3. The van der Waals surface area contributed by atoms with Gasteiger partial charge in [-0.05, 0) is 54.8 Å². The third-order valence-electron chi connectivity index (χ3n) is 5.39. The number of piperidine rings is 1. The van der Waals surface area contributed by atoms with Crippen molar-refractivity contribution >= 4 is 17.7 Å². The van der Waals surface area contributed by atoms with E-state index in [0.717, 1.165) is 54.9 Å². The van der Waals surface area contributed by atoms with Crippen molar-refractivity contribution in [3.8, 4) is 11.1 Å². The largest absolute Gasteiger partial charge is 0.392 e. The van der Waals surface area contributed by atoms with Gasteiger partial charge in [-0.1, -0.05) is 12.1 Å². The molecular weight excluding hydrogens is 390 g/mol. The standard InChI is InChI=1S/C24H27N5O2/c1-28-16-20(14-26-28)23-10-11-25-13-19(23)6-9-24(31)27-21-7-4-18(5-8-21)15-29-12-2-3-22(30)17-29/h4-11,13-14,16,22,30H,2-3,12,15,17H2,1H3,(H,27,31)/b9-6+. The quantitative estimate of drug-likeness (QED) is 0.602. The number of nitrogens with one attached hydrogen (secondary N) is 1. The number of β-amino-alcohol motifs (C(OH)–C–C–N with tert-alkyl or cyclic N) is 1. The van der Waals surface area contributed by atoms with Gasteiger partial charge in [-0.2, -0.15) is 5.10 Å². The van der Waals surface area contributed by atoms with Gasteiger partial charge in [0.2, 0.25) is 5.91 Å². The molecule has 1 fully saturated rings. The number of aliphatic hydroxyl groups is 1. The fourth-order valence-electron chi connectivity index (χ4n) is 3.84. The van der Waals surface area contributed by atoms with E-state index >= 15 is 0 Å². The van der Waals surface area contributed by atoms with Crippen molar-refractivity contribution in [1.29, 1.82) is 0 Å². The molecule has 1 aliphatic heterocycles. The topological polar surface area (TPSA) is 83.3 Å². The molecule has 4 rings (SSSR count). The number of nitrogens with zero attached hydrogens (tertiary/aromatic N) is 4. The molecule has 0 saturated carbocycles. The van der Waals surface area contributed by atoms with Crippen LogP contribution in [0.5, 0.6) is 0 Å². The summed E-state index contributed by atoms with van der Waals surface area (Å²) in [6.07, 6.45) is 12.2. The number of aromatic nitrogens is 3. The zero-order valence-electron chi connectivity index (χ0n) is 17.6.